The summed E-state index contributed by atoms with van der Waals surface area (Å²) in [6, 6.07) is 11.7. The van der Waals surface area contributed by atoms with Crippen molar-refractivity contribution in [3.05, 3.63) is 53.2 Å². The van der Waals surface area contributed by atoms with E-state index in [-0.39, 0.29) is 6.61 Å². The maximum absolute atomic E-state index is 9.42. The van der Waals surface area contributed by atoms with E-state index in [1.165, 1.54) is 5.69 Å². The largest absolute Gasteiger partial charge is 0.392 e. The number of aromatic nitrogens is 1. The minimum atomic E-state index is 0.0283. The summed E-state index contributed by atoms with van der Waals surface area (Å²) in [5.74, 6) is 0.899. The SMILES string of the molecule is OCc1cccnc1N1CCN(c2ccc(Cl)cc2)CC1. The lowest BCUT2D eigenvalue weighted by atomic mass is 10.2. The molecule has 0 unspecified atom stereocenters. The molecule has 4 nitrogen and oxygen atoms in total. The highest BCUT2D eigenvalue weighted by atomic mass is 35.5. The van der Waals surface area contributed by atoms with Crippen LogP contribution in [0.2, 0.25) is 5.02 Å². The van der Waals surface area contributed by atoms with Gasteiger partial charge in [0, 0.05) is 48.6 Å². The minimum absolute atomic E-state index is 0.0283. The fraction of sp³-hybridized carbons (Fsp3) is 0.312. The summed E-state index contributed by atoms with van der Waals surface area (Å²) >= 11 is 5.93. The molecule has 0 amide bonds. The molecular weight excluding hydrogens is 286 g/mol. The molecule has 1 aliphatic heterocycles. The number of aliphatic hydroxyl groups is 1. The molecule has 1 aromatic heterocycles. The molecule has 0 radical (unpaired) electrons. The Kier molecular flexibility index (Phi) is 4.27. The van der Waals surface area contributed by atoms with Crippen LogP contribution in [0.15, 0.2) is 42.6 Å². The van der Waals surface area contributed by atoms with Crippen molar-refractivity contribution in [2.45, 2.75) is 6.61 Å². The number of anilines is 2. The van der Waals surface area contributed by atoms with Crippen LogP contribution in [0.4, 0.5) is 11.5 Å². The van der Waals surface area contributed by atoms with Crippen LogP contribution in [0.5, 0.6) is 0 Å². The fourth-order valence-corrected chi connectivity index (χ4v) is 2.79. The standard InChI is InChI=1S/C16H18ClN3O/c17-14-3-5-15(6-4-14)19-8-10-20(11-9-19)16-13(12-21)2-1-7-18-16/h1-7,21H,8-12H2. The molecular formula is C16H18ClN3O. The molecule has 2 aromatic rings. The Balaban J connectivity index is 1.69. The Labute approximate surface area is 129 Å². The van der Waals surface area contributed by atoms with Gasteiger partial charge in [-0.05, 0) is 30.3 Å². The molecule has 1 aliphatic rings. The quantitative estimate of drug-likeness (QED) is 0.946. The zero-order chi connectivity index (χ0) is 14.7. The lowest BCUT2D eigenvalue weighted by Gasteiger charge is -2.37. The van der Waals surface area contributed by atoms with Gasteiger partial charge in [-0.1, -0.05) is 17.7 Å². The number of aliphatic hydroxyl groups excluding tert-OH is 1. The van der Waals surface area contributed by atoms with Crippen LogP contribution in [0.1, 0.15) is 5.56 Å². The summed E-state index contributed by atoms with van der Waals surface area (Å²) in [5, 5.41) is 10.2. The van der Waals surface area contributed by atoms with Crippen LogP contribution < -0.4 is 9.80 Å². The van der Waals surface area contributed by atoms with E-state index in [9.17, 15) is 5.11 Å². The van der Waals surface area contributed by atoms with Gasteiger partial charge in [0.05, 0.1) is 6.61 Å². The van der Waals surface area contributed by atoms with E-state index in [1.807, 2.05) is 24.3 Å². The monoisotopic (exact) mass is 303 g/mol. The first kappa shape index (κ1) is 14.2. The van der Waals surface area contributed by atoms with Crippen molar-refractivity contribution in [2.24, 2.45) is 0 Å². The number of hydrogen-bond donors (Lipinski definition) is 1. The summed E-state index contributed by atoms with van der Waals surface area (Å²) in [6.07, 6.45) is 1.78. The Morgan fingerprint density at radius 2 is 1.67 bits per heavy atom. The molecule has 3 rings (SSSR count). The normalized spacial score (nSPS) is 15.3. The van der Waals surface area contributed by atoms with Crippen molar-refractivity contribution in [3.8, 4) is 0 Å². The zero-order valence-electron chi connectivity index (χ0n) is 11.7. The number of rotatable bonds is 3. The smallest absolute Gasteiger partial charge is 0.134 e. The summed E-state index contributed by atoms with van der Waals surface area (Å²) in [4.78, 5) is 8.99. The summed E-state index contributed by atoms with van der Waals surface area (Å²) in [6.45, 7) is 3.69. The third-order valence-corrected chi connectivity index (χ3v) is 4.06. The van der Waals surface area contributed by atoms with Gasteiger partial charge in [-0.15, -0.1) is 0 Å². The Morgan fingerprint density at radius 3 is 2.33 bits per heavy atom. The molecule has 1 N–H and O–H groups in total. The summed E-state index contributed by atoms with van der Waals surface area (Å²) < 4.78 is 0. The van der Waals surface area contributed by atoms with Gasteiger partial charge in [0.1, 0.15) is 5.82 Å². The maximum atomic E-state index is 9.42. The first-order valence-corrected chi connectivity index (χ1v) is 7.46. The van der Waals surface area contributed by atoms with Crippen LogP contribution in [0.25, 0.3) is 0 Å². The van der Waals surface area contributed by atoms with Gasteiger partial charge in [-0.2, -0.15) is 0 Å². The summed E-state index contributed by atoms with van der Waals surface area (Å²) in [5.41, 5.74) is 2.08. The van der Waals surface area contributed by atoms with Gasteiger partial charge in [0.2, 0.25) is 0 Å². The van der Waals surface area contributed by atoms with Crippen molar-refractivity contribution in [1.82, 2.24) is 4.98 Å². The van der Waals surface area contributed by atoms with Crippen LogP contribution >= 0.6 is 11.6 Å². The van der Waals surface area contributed by atoms with Gasteiger partial charge in [-0.3, -0.25) is 0 Å². The number of benzene rings is 1. The van der Waals surface area contributed by atoms with E-state index in [0.717, 1.165) is 42.6 Å². The van der Waals surface area contributed by atoms with E-state index in [0.29, 0.717) is 0 Å². The third kappa shape index (κ3) is 3.12. The molecule has 5 heteroatoms. The Morgan fingerprint density at radius 1 is 1.00 bits per heavy atom. The fourth-order valence-electron chi connectivity index (χ4n) is 2.67. The van der Waals surface area contributed by atoms with E-state index in [2.05, 4.69) is 26.9 Å². The van der Waals surface area contributed by atoms with E-state index in [4.69, 9.17) is 11.6 Å². The second-order valence-electron chi connectivity index (χ2n) is 5.09. The second kappa shape index (κ2) is 6.33. The molecule has 0 spiro atoms. The third-order valence-electron chi connectivity index (χ3n) is 3.81. The molecule has 1 saturated heterocycles. The highest BCUT2D eigenvalue weighted by molar-refractivity contribution is 6.30. The molecule has 21 heavy (non-hydrogen) atoms. The average Bonchev–Trinajstić information content (AvgIpc) is 2.56. The molecule has 0 bridgehead atoms. The maximum Gasteiger partial charge on any atom is 0.134 e. The molecule has 1 aromatic carbocycles. The van der Waals surface area contributed by atoms with Gasteiger partial charge in [0.15, 0.2) is 0 Å². The van der Waals surface area contributed by atoms with E-state index >= 15 is 0 Å². The molecule has 0 aliphatic carbocycles. The highest BCUT2D eigenvalue weighted by Crippen LogP contribution is 2.23. The first-order valence-electron chi connectivity index (χ1n) is 7.08. The van der Waals surface area contributed by atoms with Crippen molar-refractivity contribution in [3.63, 3.8) is 0 Å². The first-order chi connectivity index (χ1) is 10.3. The number of hydrogen-bond acceptors (Lipinski definition) is 4. The molecule has 2 heterocycles. The minimum Gasteiger partial charge on any atom is -0.392 e. The number of pyridine rings is 1. The van der Waals surface area contributed by atoms with Crippen molar-refractivity contribution in [1.29, 1.82) is 0 Å². The predicted octanol–water partition coefficient (Wildman–Crippen LogP) is 2.55. The Bertz CT molecular complexity index is 595. The lowest BCUT2D eigenvalue weighted by molar-refractivity contribution is 0.281. The van der Waals surface area contributed by atoms with Crippen LogP contribution in [-0.2, 0) is 6.61 Å². The van der Waals surface area contributed by atoms with Crippen LogP contribution in [0, 0.1) is 0 Å². The Hall–Kier alpha value is -1.78. The molecule has 0 saturated carbocycles. The summed E-state index contributed by atoms with van der Waals surface area (Å²) in [7, 11) is 0. The number of nitrogens with zero attached hydrogens (tertiary/aromatic N) is 3. The van der Waals surface area contributed by atoms with Crippen LogP contribution in [0.3, 0.4) is 0 Å². The average molecular weight is 304 g/mol. The second-order valence-corrected chi connectivity index (χ2v) is 5.53. The van der Waals surface area contributed by atoms with Gasteiger partial charge < -0.3 is 14.9 Å². The highest BCUT2D eigenvalue weighted by Gasteiger charge is 2.19. The topological polar surface area (TPSA) is 39.6 Å². The van der Waals surface area contributed by atoms with E-state index < -0.39 is 0 Å². The van der Waals surface area contributed by atoms with Crippen molar-refractivity contribution >= 4 is 23.1 Å². The van der Waals surface area contributed by atoms with Gasteiger partial charge in [-0.25, -0.2) is 4.98 Å². The van der Waals surface area contributed by atoms with Crippen molar-refractivity contribution in [2.75, 3.05) is 36.0 Å². The number of piperazine rings is 1. The molecule has 1 fully saturated rings. The molecule has 110 valence electrons. The van der Waals surface area contributed by atoms with Gasteiger partial charge >= 0.3 is 0 Å². The zero-order valence-corrected chi connectivity index (χ0v) is 12.5. The predicted molar refractivity (Wildman–Crippen MR) is 86.0 cm³/mol. The van der Waals surface area contributed by atoms with E-state index in [1.54, 1.807) is 6.20 Å². The van der Waals surface area contributed by atoms with Crippen LogP contribution in [-0.4, -0.2) is 36.3 Å². The van der Waals surface area contributed by atoms with Gasteiger partial charge in [0.25, 0.3) is 0 Å². The number of halogens is 1. The lowest BCUT2D eigenvalue weighted by Crippen LogP contribution is -2.47. The van der Waals surface area contributed by atoms with Crippen molar-refractivity contribution < 1.29 is 5.11 Å². The molecule has 0 atom stereocenters.